The largest absolute Gasteiger partial charge is 0.491 e. The van der Waals surface area contributed by atoms with Crippen LogP contribution in [0.1, 0.15) is 11.1 Å². The van der Waals surface area contributed by atoms with Gasteiger partial charge in [0.25, 0.3) is 0 Å². The normalized spacial score (nSPS) is 10.5. The minimum Gasteiger partial charge on any atom is -0.491 e. The molecule has 0 N–H and O–H groups in total. The molecule has 0 atom stereocenters. The van der Waals surface area contributed by atoms with E-state index in [1.807, 2.05) is 13.0 Å². The van der Waals surface area contributed by atoms with Gasteiger partial charge >= 0.3 is 0 Å². The lowest BCUT2D eigenvalue weighted by molar-refractivity contribution is 0.146. The van der Waals surface area contributed by atoms with Crippen LogP contribution in [-0.2, 0) is 11.3 Å². The van der Waals surface area contributed by atoms with Gasteiger partial charge in [-0.3, -0.25) is 0 Å². The van der Waals surface area contributed by atoms with Gasteiger partial charge in [-0.1, -0.05) is 29.4 Å². The number of ether oxygens (including phenoxy) is 2. The highest BCUT2D eigenvalue weighted by Crippen LogP contribution is 2.33. The van der Waals surface area contributed by atoms with Gasteiger partial charge in [0.05, 0.1) is 6.61 Å². The van der Waals surface area contributed by atoms with Crippen molar-refractivity contribution in [2.24, 2.45) is 5.18 Å². The molecule has 0 saturated heterocycles. The zero-order valence-electron chi connectivity index (χ0n) is 12.6. The first kappa shape index (κ1) is 16.1. The molecule has 0 aliphatic carbocycles. The van der Waals surface area contributed by atoms with E-state index in [0.717, 1.165) is 11.1 Å². The summed E-state index contributed by atoms with van der Waals surface area (Å²) in [7, 11) is 1.58. The highest BCUT2D eigenvalue weighted by atomic mass is 19.1. The van der Waals surface area contributed by atoms with Gasteiger partial charge in [-0.2, -0.15) is 4.91 Å². The van der Waals surface area contributed by atoms with E-state index in [1.54, 1.807) is 31.4 Å². The van der Waals surface area contributed by atoms with Crippen LogP contribution in [-0.4, -0.2) is 20.3 Å². The molecule has 0 aromatic heterocycles. The quantitative estimate of drug-likeness (QED) is 0.571. The molecule has 0 fully saturated rings. The Morgan fingerprint density at radius 1 is 1.09 bits per heavy atom. The van der Waals surface area contributed by atoms with E-state index in [-0.39, 0.29) is 12.4 Å². The first-order chi connectivity index (χ1) is 10.7. The molecule has 2 rings (SSSR count). The Hall–Kier alpha value is -2.27. The lowest BCUT2D eigenvalue weighted by Crippen LogP contribution is -2.05. The summed E-state index contributed by atoms with van der Waals surface area (Å²) in [6.07, 6.45) is 0. The predicted octanol–water partition coefficient (Wildman–Crippen LogP) is 4.09. The van der Waals surface area contributed by atoms with E-state index in [9.17, 15) is 9.30 Å². The van der Waals surface area contributed by atoms with Crippen molar-refractivity contribution in [2.75, 3.05) is 20.3 Å². The third kappa shape index (κ3) is 3.89. The first-order valence-corrected chi connectivity index (χ1v) is 6.96. The van der Waals surface area contributed by atoms with E-state index in [2.05, 4.69) is 5.18 Å². The lowest BCUT2D eigenvalue weighted by Gasteiger charge is -2.13. The van der Waals surface area contributed by atoms with Gasteiger partial charge in [0.1, 0.15) is 24.7 Å². The Labute approximate surface area is 128 Å². The van der Waals surface area contributed by atoms with Gasteiger partial charge in [-0.15, -0.1) is 0 Å². The monoisotopic (exact) mass is 303 g/mol. The molecule has 116 valence electrons. The van der Waals surface area contributed by atoms with Crippen molar-refractivity contribution >= 4 is 0 Å². The topological polar surface area (TPSA) is 47.9 Å². The highest BCUT2D eigenvalue weighted by Gasteiger charge is 2.12. The Kier molecular flexibility index (Phi) is 5.61. The van der Waals surface area contributed by atoms with Crippen molar-refractivity contribution in [3.63, 3.8) is 0 Å². The van der Waals surface area contributed by atoms with Gasteiger partial charge < -0.3 is 9.47 Å². The van der Waals surface area contributed by atoms with Gasteiger partial charge in [0.2, 0.25) is 0 Å². The van der Waals surface area contributed by atoms with Crippen LogP contribution in [0, 0.1) is 17.6 Å². The second-order valence-electron chi connectivity index (χ2n) is 4.94. The summed E-state index contributed by atoms with van der Waals surface area (Å²) in [5, 5.41) is 2.87. The molecule has 2 aromatic carbocycles. The minimum atomic E-state index is -0.308. The number of nitroso groups, excluding NO2 is 1. The Morgan fingerprint density at radius 2 is 1.86 bits per heavy atom. The van der Waals surface area contributed by atoms with Crippen molar-refractivity contribution in [3.8, 4) is 16.9 Å². The summed E-state index contributed by atoms with van der Waals surface area (Å²) in [4.78, 5) is 10.4. The number of hydrogen-bond donors (Lipinski definition) is 0. The molecule has 4 nitrogen and oxygen atoms in total. The Bertz CT molecular complexity index is 658. The highest BCUT2D eigenvalue weighted by molar-refractivity contribution is 5.71. The van der Waals surface area contributed by atoms with Crippen molar-refractivity contribution in [3.05, 3.63) is 58.2 Å². The third-order valence-corrected chi connectivity index (χ3v) is 3.25. The van der Waals surface area contributed by atoms with Crippen molar-refractivity contribution < 1.29 is 13.9 Å². The number of halogens is 1. The molecule has 0 aliphatic rings. The van der Waals surface area contributed by atoms with Crippen LogP contribution in [0.3, 0.4) is 0 Å². The fraction of sp³-hybridized carbons (Fsp3) is 0.294. The van der Waals surface area contributed by atoms with Crippen LogP contribution in [0.15, 0.2) is 41.6 Å². The number of benzene rings is 2. The van der Waals surface area contributed by atoms with Crippen LogP contribution in [0.4, 0.5) is 4.39 Å². The molecule has 0 spiro atoms. The number of aryl methyl sites for hydroxylation is 1. The maximum absolute atomic E-state index is 14.2. The van der Waals surface area contributed by atoms with Gasteiger partial charge in [-0.05, 0) is 30.2 Å². The first-order valence-electron chi connectivity index (χ1n) is 6.96. The molecule has 0 radical (unpaired) electrons. The van der Waals surface area contributed by atoms with E-state index in [0.29, 0.717) is 30.1 Å². The Balaban J connectivity index is 2.41. The smallest absolute Gasteiger partial charge is 0.131 e. The number of nitrogens with zero attached hydrogens (tertiary/aromatic N) is 1. The summed E-state index contributed by atoms with van der Waals surface area (Å²) in [5.41, 5.74) is 2.68. The average molecular weight is 303 g/mol. The standard InChI is InChI=1S/C17H18FNO3/c1-12-3-5-14(16(18)9-12)15-6-4-13(11-19-20)10-17(15)22-8-7-21-2/h3-6,9-10H,7-8,11H2,1-2H3. The zero-order chi connectivity index (χ0) is 15.9. The molecule has 0 heterocycles. The molecule has 22 heavy (non-hydrogen) atoms. The predicted molar refractivity (Wildman–Crippen MR) is 83.4 cm³/mol. The molecule has 0 amide bonds. The Morgan fingerprint density at radius 3 is 2.55 bits per heavy atom. The van der Waals surface area contributed by atoms with Crippen LogP contribution in [0.2, 0.25) is 0 Å². The maximum Gasteiger partial charge on any atom is 0.131 e. The second-order valence-corrected chi connectivity index (χ2v) is 4.94. The summed E-state index contributed by atoms with van der Waals surface area (Å²) in [6.45, 7) is 2.65. The fourth-order valence-electron chi connectivity index (χ4n) is 2.16. The number of rotatable bonds is 7. The van der Waals surface area contributed by atoms with Gasteiger partial charge in [-0.25, -0.2) is 4.39 Å². The van der Waals surface area contributed by atoms with Crippen molar-refractivity contribution in [2.45, 2.75) is 13.5 Å². The number of methoxy groups -OCH3 is 1. The molecule has 5 heteroatoms. The molecule has 0 saturated carbocycles. The molecular weight excluding hydrogens is 285 g/mol. The molecule has 0 bridgehead atoms. The van der Waals surface area contributed by atoms with Crippen LogP contribution >= 0.6 is 0 Å². The van der Waals surface area contributed by atoms with Crippen molar-refractivity contribution in [1.82, 2.24) is 0 Å². The molecule has 0 aliphatic heterocycles. The average Bonchev–Trinajstić information content (AvgIpc) is 2.49. The fourth-order valence-corrected chi connectivity index (χ4v) is 2.16. The third-order valence-electron chi connectivity index (χ3n) is 3.25. The lowest BCUT2D eigenvalue weighted by atomic mass is 10.0. The summed E-state index contributed by atoms with van der Waals surface area (Å²) >= 11 is 0. The summed E-state index contributed by atoms with van der Waals surface area (Å²) < 4.78 is 24.8. The molecule has 0 unspecified atom stereocenters. The maximum atomic E-state index is 14.2. The van der Waals surface area contributed by atoms with E-state index < -0.39 is 0 Å². The summed E-state index contributed by atoms with van der Waals surface area (Å²) in [6, 6.07) is 10.3. The van der Waals surface area contributed by atoms with Gasteiger partial charge in [0.15, 0.2) is 0 Å². The van der Waals surface area contributed by atoms with Crippen LogP contribution in [0.25, 0.3) is 11.1 Å². The minimum absolute atomic E-state index is 0.0529. The zero-order valence-corrected chi connectivity index (χ0v) is 12.6. The van der Waals surface area contributed by atoms with E-state index in [1.165, 1.54) is 6.07 Å². The van der Waals surface area contributed by atoms with Gasteiger partial charge in [0, 0.05) is 18.2 Å². The van der Waals surface area contributed by atoms with Crippen LogP contribution in [0.5, 0.6) is 5.75 Å². The van der Waals surface area contributed by atoms with E-state index >= 15 is 0 Å². The van der Waals surface area contributed by atoms with Crippen molar-refractivity contribution in [1.29, 1.82) is 0 Å². The van der Waals surface area contributed by atoms with Crippen LogP contribution < -0.4 is 4.74 Å². The molecular formula is C17H18FNO3. The SMILES string of the molecule is COCCOc1cc(CN=O)ccc1-c1ccc(C)cc1F. The second kappa shape index (κ2) is 7.66. The molecule has 2 aromatic rings. The number of hydrogen-bond acceptors (Lipinski definition) is 4. The summed E-state index contributed by atoms with van der Waals surface area (Å²) in [5.74, 6) is 0.207. The van der Waals surface area contributed by atoms with E-state index in [4.69, 9.17) is 9.47 Å².